The fourth-order valence-corrected chi connectivity index (χ4v) is 4.51. The van der Waals surface area contributed by atoms with Gasteiger partial charge in [0.1, 0.15) is 6.04 Å². The number of nitrogens with one attached hydrogen (secondary N) is 1. The monoisotopic (exact) mass is 389 g/mol. The molecule has 0 fully saturated rings. The predicted octanol–water partition coefficient (Wildman–Crippen LogP) is 3.99. The Bertz CT molecular complexity index is 1050. The number of fused-ring (bicyclic) bond motifs is 1. The Morgan fingerprint density at radius 2 is 1.96 bits per heavy atom. The van der Waals surface area contributed by atoms with E-state index in [1.54, 1.807) is 18.0 Å². The number of carbonyl (C=O) groups is 1. The first-order valence-electron chi connectivity index (χ1n) is 9.37. The highest BCUT2D eigenvalue weighted by Crippen LogP contribution is 2.40. The van der Waals surface area contributed by atoms with Gasteiger partial charge in [0.2, 0.25) is 11.1 Å². The standard InChI is InChI=1S/C21H19N5OS/c27-17-11-6-10-16-18(17)19(14-7-2-1-3-8-14)26-20(23-16)24-21(25-26)28-13-15-9-4-5-12-22-15/h1-5,7-9,12,19H,6,10-11,13H2,(H,23,24,25). The number of rotatable bonds is 4. The van der Waals surface area contributed by atoms with E-state index in [0.717, 1.165) is 35.4 Å². The molecule has 1 atom stereocenters. The molecule has 1 aromatic carbocycles. The van der Waals surface area contributed by atoms with Crippen molar-refractivity contribution in [2.45, 2.75) is 36.2 Å². The third-order valence-corrected chi connectivity index (χ3v) is 5.91. The van der Waals surface area contributed by atoms with Crippen LogP contribution in [0, 0.1) is 0 Å². The number of anilines is 1. The van der Waals surface area contributed by atoms with Gasteiger partial charge in [-0.1, -0.05) is 48.2 Å². The molecule has 2 aliphatic rings. The molecule has 0 bridgehead atoms. The Labute approximate surface area is 167 Å². The zero-order chi connectivity index (χ0) is 18.9. The van der Waals surface area contributed by atoms with Crippen LogP contribution in [0.5, 0.6) is 0 Å². The molecule has 0 radical (unpaired) electrons. The molecule has 28 heavy (non-hydrogen) atoms. The van der Waals surface area contributed by atoms with Gasteiger partial charge in [-0.25, -0.2) is 4.68 Å². The molecule has 2 aromatic heterocycles. The van der Waals surface area contributed by atoms with E-state index < -0.39 is 0 Å². The maximum Gasteiger partial charge on any atom is 0.227 e. The van der Waals surface area contributed by atoms with E-state index in [-0.39, 0.29) is 11.8 Å². The van der Waals surface area contributed by atoms with Gasteiger partial charge in [-0.3, -0.25) is 9.78 Å². The molecule has 0 saturated heterocycles. The van der Waals surface area contributed by atoms with Gasteiger partial charge in [0.15, 0.2) is 5.78 Å². The summed E-state index contributed by atoms with van der Waals surface area (Å²) >= 11 is 1.55. The number of hydrogen-bond acceptors (Lipinski definition) is 6. The third kappa shape index (κ3) is 3.11. The zero-order valence-electron chi connectivity index (χ0n) is 15.2. The van der Waals surface area contributed by atoms with Crippen LogP contribution in [0.2, 0.25) is 0 Å². The SMILES string of the molecule is O=C1CCCC2=C1C(c1ccccc1)n1nc(SCc3ccccn3)nc1N2. The summed E-state index contributed by atoms with van der Waals surface area (Å²) in [6, 6.07) is 15.7. The minimum atomic E-state index is -0.225. The highest BCUT2D eigenvalue weighted by Gasteiger charge is 2.36. The number of benzene rings is 1. The quantitative estimate of drug-likeness (QED) is 0.680. The maximum atomic E-state index is 12.8. The highest BCUT2D eigenvalue weighted by molar-refractivity contribution is 7.98. The van der Waals surface area contributed by atoms with E-state index in [1.807, 2.05) is 41.1 Å². The van der Waals surface area contributed by atoms with Gasteiger partial charge in [0.05, 0.1) is 5.69 Å². The lowest BCUT2D eigenvalue weighted by atomic mass is 9.85. The molecule has 0 amide bonds. The molecule has 0 saturated carbocycles. The molecule has 0 spiro atoms. The summed E-state index contributed by atoms with van der Waals surface area (Å²) in [5.74, 6) is 1.60. The van der Waals surface area contributed by atoms with Gasteiger partial charge < -0.3 is 5.32 Å². The van der Waals surface area contributed by atoms with Crippen LogP contribution in [0.4, 0.5) is 5.95 Å². The summed E-state index contributed by atoms with van der Waals surface area (Å²) in [5, 5.41) is 8.79. The van der Waals surface area contributed by atoms with Crippen LogP contribution in [0.1, 0.15) is 36.6 Å². The molecule has 1 N–H and O–H groups in total. The lowest BCUT2D eigenvalue weighted by molar-refractivity contribution is -0.116. The molecule has 140 valence electrons. The Balaban J connectivity index is 1.51. The topological polar surface area (TPSA) is 72.7 Å². The summed E-state index contributed by atoms with van der Waals surface area (Å²) in [6.07, 6.45) is 4.13. The van der Waals surface area contributed by atoms with Crippen LogP contribution in [-0.2, 0) is 10.5 Å². The number of Topliss-reactive ketones (excluding diaryl/α,β-unsaturated/α-hetero) is 1. The zero-order valence-corrected chi connectivity index (χ0v) is 16.0. The average molecular weight is 389 g/mol. The number of carbonyl (C=O) groups excluding carboxylic acids is 1. The second-order valence-corrected chi connectivity index (χ2v) is 7.82. The lowest BCUT2D eigenvalue weighted by Crippen LogP contribution is -2.31. The first-order chi connectivity index (χ1) is 13.8. The van der Waals surface area contributed by atoms with Crippen LogP contribution in [0.25, 0.3) is 0 Å². The summed E-state index contributed by atoms with van der Waals surface area (Å²) < 4.78 is 1.86. The summed E-state index contributed by atoms with van der Waals surface area (Å²) in [6.45, 7) is 0. The fourth-order valence-electron chi connectivity index (χ4n) is 3.76. The van der Waals surface area contributed by atoms with Gasteiger partial charge in [-0.05, 0) is 30.5 Å². The van der Waals surface area contributed by atoms with E-state index in [2.05, 4.69) is 27.4 Å². The number of pyridine rings is 1. The number of aromatic nitrogens is 4. The molecular formula is C21H19N5OS. The number of ketones is 1. The molecule has 1 aliphatic carbocycles. The molecule has 7 heteroatoms. The van der Waals surface area contributed by atoms with E-state index in [9.17, 15) is 4.79 Å². The fraction of sp³-hybridized carbons (Fsp3) is 0.238. The summed E-state index contributed by atoms with van der Waals surface area (Å²) in [4.78, 5) is 21.8. The largest absolute Gasteiger partial charge is 0.328 e. The van der Waals surface area contributed by atoms with Gasteiger partial charge in [0, 0.05) is 29.6 Å². The van der Waals surface area contributed by atoms with Crippen LogP contribution in [-0.4, -0.2) is 25.5 Å². The predicted molar refractivity (Wildman–Crippen MR) is 108 cm³/mol. The van der Waals surface area contributed by atoms with Crippen LogP contribution in [0.3, 0.4) is 0 Å². The Morgan fingerprint density at radius 1 is 1.11 bits per heavy atom. The van der Waals surface area contributed by atoms with Crippen LogP contribution >= 0.6 is 11.8 Å². The Morgan fingerprint density at radius 3 is 2.79 bits per heavy atom. The highest BCUT2D eigenvalue weighted by atomic mass is 32.2. The van der Waals surface area contributed by atoms with Gasteiger partial charge in [-0.2, -0.15) is 4.98 Å². The molecular weight excluding hydrogens is 370 g/mol. The minimum absolute atomic E-state index is 0.200. The van der Waals surface area contributed by atoms with Crippen molar-refractivity contribution >= 4 is 23.5 Å². The van der Waals surface area contributed by atoms with Crippen molar-refractivity contribution in [3.63, 3.8) is 0 Å². The van der Waals surface area contributed by atoms with E-state index in [1.165, 1.54) is 0 Å². The van der Waals surface area contributed by atoms with E-state index >= 15 is 0 Å². The molecule has 3 heterocycles. The first kappa shape index (κ1) is 17.2. The van der Waals surface area contributed by atoms with Gasteiger partial charge >= 0.3 is 0 Å². The molecule has 1 aliphatic heterocycles. The average Bonchev–Trinajstić information content (AvgIpc) is 3.15. The molecule has 3 aromatic rings. The van der Waals surface area contributed by atoms with Gasteiger partial charge in [0.25, 0.3) is 0 Å². The van der Waals surface area contributed by atoms with Crippen LogP contribution < -0.4 is 5.32 Å². The number of allylic oxidation sites excluding steroid dienone is 2. The summed E-state index contributed by atoms with van der Waals surface area (Å²) in [7, 11) is 0. The van der Waals surface area contributed by atoms with Crippen LogP contribution in [0.15, 0.2) is 71.2 Å². The normalized spacial score (nSPS) is 18.4. The smallest absolute Gasteiger partial charge is 0.227 e. The van der Waals surface area contributed by atoms with Crippen molar-refractivity contribution in [3.8, 4) is 0 Å². The summed E-state index contributed by atoms with van der Waals surface area (Å²) in [5.41, 5.74) is 3.86. The Hall–Kier alpha value is -2.93. The number of thioether (sulfide) groups is 1. The van der Waals surface area contributed by atoms with Crippen molar-refractivity contribution in [1.82, 2.24) is 19.7 Å². The second-order valence-electron chi connectivity index (χ2n) is 6.88. The lowest BCUT2D eigenvalue weighted by Gasteiger charge is -2.32. The first-order valence-corrected chi connectivity index (χ1v) is 10.4. The molecule has 1 unspecified atom stereocenters. The third-order valence-electron chi connectivity index (χ3n) is 5.04. The number of hydrogen-bond donors (Lipinski definition) is 1. The van der Waals surface area contributed by atoms with Crippen molar-refractivity contribution < 1.29 is 4.79 Å². The van der Waals surface area contributed by atoms with Crippen molar-refractivity contribution in [2.24, 2.45) is 0 Å². The van der Waals surface area contributed by atoms with Crippen molar-refractivity contribution in [1.29, 1.82) is 0 Å². The second kappa shape index (κ2) is 7.24. The van der Waals surface area contributed by atoms with Gasteiger partial charge in [-0.15, -0.1) is 5.10 Å². The van der Waals surface area contributed by atoms with Crippen molar-refractivity contribution in [3.05, 3.63) is 77.3 Å². The molecule has 6 nitrogen and oxygen atoms in total. The maximum absolute atomic E-state index is 12.8. The van der Waals surface area contributed by atoms with Crippen molar-refractivity contribution in [2.75, 3.05) is 5.32 Å². The van der Waals surface area contributed by atoms with E-state index in [0.29, 0.717) is 23.3 Å². The molecule has 5 rings (SSSR count). The Kier molecular flexibility index (Phi) is 4.44. The van der Waals surface area contributed by atoms with E-state index in [4.69, 9.17) is 5.10 Å². The number of nitrogens with zero attached hydrogens (tertiary/aromatic N) is 4. The minimum Gasteiger partial charge on any atom is -0.328 e.